The van der Waals surface area contributed by atoms with Gasteiger partial charge in [-0.25, -0.2) is 13.6 Å². The number of allylic oxidation sites excluding steroid dienone is 2. The van der Waals surface area contributed by atoms with Crippen LogP contribution in [0.15, 0.2) is 47.4 Å². The first kappa shape index (κ1) is 16.7. The van der Waals surface area contributed by atoms with Crippen LogP contribution in [0.2, 0.25) is 0 Å². The molecule has 5 heteroatoms. The molecule has 4 nitrogen and oxygen atoms in total. The van der Waals surface area contributed by atoms with Gasteiger partial charge in [0.25, 0.3) is 0 Å². The molecule has 126 valence electrons. The van der Waals surface area contributed by atoms with Gasteiger partial charge in [0.05, 0.1) is 12.0 Å². The van der Waals surface area contributed by atoms with Gasteiger partial charge < -0.3 is 4.74 Å². The van der Waals surface area contributed by atoms with Crippen molar-refractivity contribution in [3.63, 3.8) is 0 Å². The maximum absolute atomic E-state index is 11.4. The van der Waals surface area contributed by atoms with Crippen molar-refractivity contribution in [3.8, 4) is 5.75 Å². The predicted octanol–water partition coefficient (Wildman–Crippen LogP) is 3.75. The van der Waals surface area contributed by atoms with Crippen molar-refractivity contribution in [2.24, 2.45) is 5.14 Å². The number of sulfonamides is 1. The van der Waals surface area contributed by atoms with Crippen molar-refractivity contribution in [2.75, 3.05) is 7.11 Å². The zero-order valence-electron chi connectivity index (χ0n) is 13.9. The van der Waals surface area contributed by atoms with Gasteiger partial charge in [0.15, 0.2) is 0 Å². The standard InChI is InChI=1S/C19H21NO3S/c1-13-5-3-8-18(19(13)23-2)17-7-4-6-16(17)14-9-11-15(12-10-14)24(20,21)22/h3,5,8-12H,4,6-7H2,1-2H3,(H2,20,21,22). The number of para-hydroxylation sites is 1. The van der Waals surface area contributed by atoms with Crippen LogP contribution in [0.5, 0.6) is 5.75 Å². The molecule has 24 heavy (non-hydrogen) atoms. The number of rotatable bonds is 4. The summed E-state index contributed by atoms with van der Waals surface area (Å²) in [6.07, 6.45) is 3.05. The number of benzene rings is 2. The van der Waals surface area contributed by atoms with E-state index < -0.39 is 10.0 Å². The highest BCUT2D eigenvalue weighted by Gasteiger charge is 2.21. The fourth-order valence-corrected chi connectivity index (χ4v) is 3.88. The molecule has 0 aliphatic heterocycles. The maximum Gasteiger partial charge on any atom is 0.238 e. The minimum Gasteiger partial charge on any atom is -0.496 e. The van der Waals surface area contributed by atoms with Crippen LogP contribution in [0.25, 0.3) is 11.1 Å². The Kier molecular flexibility index (Phi) is 4.47. The number of methoxy groups -OCH3 is 1. The summed E-state index contributed by atoms with van der Waals surface area (Å²) in [6, 6.07) is 13.0. The molecule has 1 aliphatic rings. The van der Waals surface area contributed by atoms with Gasteiger partial charge in [-0.3, -0.25) is 0 Å². The molecule has 0 spiro atoms. The molecular weight excluding hydrogens is 322 g/mol. The number of ether oxygens (including phenoxy) is 1. The van der Waals surface area contributed by atoms with Crippen LogP contribution in [0.3, 0.4) is 0 Å². The fraction of sp³-hybridized carbons (Fsp3) is 0.263. The van der Waals surface area contributed by atoms with E-state index in [1.165, 1.54) is 11.1 Å². The van der Waals surface area contributed by atoms with Crippen LogP contribution < -0.4 is 9.88 Å². The van der Waals surface area contributed by atoms with Gasteiger partial charge in [-0.1, -0.05) is 30.3 Å². The Bertz CT molecular complexity index is 897. The summed E-state index contributed by atoms with van der Waals surface area (Å²) >= 11 is 0. The van der Waals surface area contributed by atoms with Gasteiger partial charge in [0.2, 0.25) is 10.0 Å². The second-order valence-electron chi connectivity index (χ2n) is 6.04. The monoisotopic (exact) mass is 343 g/mol. The fourth-order valence-electron chi connectivity index (χ4n) is 3.37. The van der Waals surface area contributed by atoms with Crippen LogP contribution in [0.4, 0.5) is 0 Å². The van der Waals surface area contributed by atoms with E-state index in [1.807, 2.05) is 31.2 Å². The molecule has 1 aliphatic carbocycles. The van der Waals surface area contributed by atoms with Gasteiger partial charge in [-0.2, -0.15) is 0 Å². The number of nitrogens with two attached hydrogens (primary N) is 1. The lowest BCUT2D eigenvalue weighted by atomic mass is 9.95. The molecule has 0 saturated carbocycles. The quantitative estimate of drug-likeness (QED) is 0.919. The summed E-state index contributed by atoms with van der Waals surface area (Å²) in [5, 5.41) is 5.18. The Morgan fingerprint density at radius 3 is 2.29 bits per heavy atom. The lowest BCUT2D eigenvalue weighted by Crippen LogP contribution is -2.11. The second-order valence-corrected chi connectivity index (χ2v) is 7.60. The SMILES string of the molecule is COc1c(C)cccc1C1=C(c2ccc(S(N)(=O)=O)cc2)CCC1. The third-order valence-corrected chi connectivity index (χ3v) is 5.42. The van der Waals surface area contributed by atoms with Crippen molar-refractivity contribution in [2.45, 2.75) is 31.1 Å². The number of aryl methyl sites for hydroxylation is 1. The van der Waals surface area contributed by atoms with Crippen LogP contribution in [-0.2, 0) is 10.0 Å². The third kappa shape index (κ3) is 3.09. The largest absolute Gasteiger partial charge is 0.496 e. The Labute approximate surface area is 143 Å². The first-order chi connectivity index (χ1) is 11.4. The van der Waals surface area contributed by atoms with Crippen LogP contribution in [0, 0.1) is 6.92 Å². The Hall–Kier alpha value is -2.11. The molecule has 0 heterocycles. The van der Waals surface area contributed by atoms with E-state index >= 15 is 0 Å². The van der Waals surface area contributed by atoms with E-state index in [1.54, 1.807) is 19.2 Å². The molecule has 0 bridgehead atoms. The number of hydrogen-bond acceptors (Lipinski definition) is 3. The first-order valence-electron chi connectivity index (χ1n) is 7.91. The summed E-state index contributed by atoms with van der Waals surface area (Å²) in [4.78, 5) is 0.138. The maximum atomic E-state index is 11.4. The average molecular weight is 343 g/mol. The van der Waals surface area contributed by atoms with E-state index in [0.29, 0.717) is 0 Å². The van der Waals surface area contributed by atoms with E-state index in [-0.39, 0.29) is 4.90 Å². The Morgan fingerprint density at radius 2 is 1.67 bits per heavy atom. The average Bonchev–Trinajstić information content (AvgIpc) is 3.03. The minimum atomic E-state index is -3.66. The molecule has 0 atom stereocenters. The van der Waals surface area contributed by atoms with Crippen molar-refractivity contribution in [1.82, 2.24) is 0 Å². The lowest BCUT2D eigenvalue weighted by molar-refractivity contribution is 0.410. The first-order valence-corrected chi connectivity index (χ1v) is 9.45. The predicted molar refractivity (Wildman–Crippen MR) is 96.2 cm³/mol. The highest BCUT2D eigenvalue weighted by Crippen LogP contribution is 2.43. The zero-order valence-corrected chi connectivity index (χ0v) is 14.7. The summed E-state index contributed by atoms with van der Waals surface area (Å²) in [5.41, 5.74) is 5.80. The van der Waals surface area contributed by atoms with Gasteiger partial charge in [0.1, 0.15) is 5.75 Å². The van der Waals surface area contributed by atoms with Crippen LogP contribution in [0.1, 0.15) is 36.0 Å². The van der Waals surface area contributed by atoms with E-state index in [9.17, 15) is 8.42 Å². The summed E-state index contributed by atoms with van der Waals surface area (Å²) < 4.78 is 28.4. The highest BCUT2D eigenvalue weighted by molar-refractivity contribution is 7.89. The molecule has 0 fully saturated rings. The highest BCUT2D eigenvalue weighted by atomic mass is 32.2. The molecular formula is C19H21NO3S. The molecule has 3 rings (SSSR count). The lowest BCUT2D eigenvalue weighted by Gasteiger charge is -2.14. The zero-order chi connectivity index (χ0) is 17.3. The van der Waals surface area contributed by atoms with Crippen molar-refractivity contribution >= 4 is 21.2 Å². The van der Waals surface area contributed by atoms with Gasteiger partial charge in [-0.15, -0.1) is 0 Å². The number of hydrogen-bond donors (Lipinski definition) is 1. The molecule has 0 saturated heterocycles. The van der Waals surface area contributed by atoms with E-state index in [0.717, 1.165) is 41.7 Å². The third-order valence-electron chi connectivity index (χ3n) is 4.49. The topological polar surface area (TPSA) is 69.4 Å². The Balaban J connectivity index is 2.09. The van der Waals surface area contributed by atoms with E-state index in [2.05, 4.69) is 6.07 Å². The molecule has 0 amide bonds. The normalized spacial score (nSPS) is 15.0. The van der Waals surface area contributed by atoms with Crippen LogP contribution >= 0.6 is 0 Å². The van der Waals surface area contributed by atoms with Gasteiger partial charge in [0, 0.05) is 5.56 Å². The summed E-state index contributed by atoms with van der Waals surface area (Å²) in [5.74, 6) is 0.910. The van der Waals surface area contributed by atoms with Crippen LogP contribution in [-0.4, -0.2) is 15.5 Å². The smallest absolute Gasteiger partial charge is 0.238 e. The van der Waals surface area contributed by atoms with E-state index in [4.69, 9.17) is 9.88 Å². The van der Waals surface area contributed by atoms with Crippen molar-refractivity contribution < 1.29 is 13.2 Å². The second kappa shape index (κ2) is 6.42. The Morgan fingerprint density at radius 1 is 1.00 bits per heavy atom. The van der Waals surface area contributed by atoms with Crippen molar-refractivity contribution in [1.29, 1.82) is 0 Å². The molecule has 2 N–H and O–H groups in total. The number of primary sulfonamides is 1. The molecule has 2 aromatic carbocycles. The minimum absolute atomic E-state index is 0.138. The molecule has 2 aromatic rings. The molecule has 0 aromatic heterocycles. The van der Waals surface area contributed by atoms with Gasteiger partial charge >= 0.3 is 0 Å². The molecule has 0 radical (unpaired) electrons. The summed E-state index contributed by atoms with van der Waals surface area (Å²) in [6.45, 7) is 2.04. The van der Waals surface area contributed by atoms with Gasteiger partial charge in [-0.05, 0) is 60.6 Å². The van der Waals surface area contributed by atoms with Crippen molar-refractivity contribution in [3.05, 3.63) is 59.2 Å². The summed E-state index contributed by atoms with van der Waals surface area (Å²) in [7, 11) is -1.96. The molecule has 0 unspecified atom stereocenters.